The van der Waals surface area contributed by atoms with E-state index in [-0.39, 0.29) is 17.4 Å². The Bertz CT molecular complexity index is 542. The molecule has 2 saturated carbocycles. The lowest BCUT2D eigenvalue weighted by molar-refractivity contribution is -0.120. The molecule has 1 amide bonds. The molecule has 0 spiro atoms. The molecule has 0 radical (unpaired) electrons. The Balaban J connectivity index is 1.69. The van der Waals surface area contributed by atoms with Gasteiger partial charge in [0.2, 0.25) is 5.91 Å². The second-order valence-corrected chi connectivity index (χ2v) is 5.75. The third-order valence-corrected chi connectivity index (χ3v) is 4.35. The minimum Gasteiger partial charge on any atom is -0.478 e. The van der Waals surface area contributed by atoms with E-state index >= 15 is 0 Å². The lowest BCUT2D eigenvalue weighted by atomic mass is 10.0. The minimum absolute atomic E-state index is 0.0818. The number of carbonyl (C=O) groups is 2. The first-order valence-corrected chi connectivity index (χ1v) is 6.69. The molecule has 2 aliphatic rings. The number of carboxylic acids is 1. The van der Waals surface area contributed by atoms with Gasteiger partial charge in [-0.25, -0.2) is 4.79 Å². The predicted molar refractivity (Wildman–Crippen MR) is 71.1 cm³/mol. The van der Waals surface area contributed by atoms with Gasteiger partial charge in [-0.3, -0.25) is 4.79 Å². The molecule has 3 rings (SSSR count). The van der Waals surface area contributed by atoms with Gasteiger partial charge in [-0.1, -0.05) is 0 Å². The quantitative estimate of drug-likeness (QED) is 0.877. The molecular weight excluding hydrogens is 242 g/mol. The van der Waals surface area contributed by atoms with Gasteiger partial charge in [-0.05, 0) is 61.8 Å². The molecule has 0 bridgehead atoms. The number of carboxylic acid groups (broad SMARTS) is 1. The van der Waals surface area contributed by atoms with Crippen LogP contribution in [0.2, 0.25) is 0 Å². The Labute approximate surface area is 111 Å². The first-order chi connectivity index (χ1) is 9.04. The number of amides is 1. The molecule has 4 nitrogen and oxygen atoms in total. The average Bonchev–Trinajstić information content (AvgIpc) is 2.98. The van der Waals surface area contributed by atoms with Gasteiger partial charge in [0.05, 0.1) is 5.56 Å². The van der Waals surface area contributed by atoms with Crippen LogP contribution in [0.3, 0.4) is 0 Å². The van der Waals surface area contributed by atoms with Crippen LogP contribution >= 0.6 is 0 Å². The molecule has 2 aliphatic carbocycles. The number of aromatic carboxylic acids is 1. The van der Waals surface area contributed by atoms with Crippen molar-refractivity contribution in [3.05, 3.63) is 29.3 Å². The number of hydrogen-bond acceptors (Lipinski definition) is 2. The summed E-state index contributed by atoms with van der Waals surface area (Å²) < 4.78 is 0. The smallest absolute Gasteiger partial charge is 0.335 e. The van der Waals surface area contributed by atoms with E-state index in [2.05, 4.69) is 5.32 Å². The van der Waals surface area contributed by atoms with Crippen molar-refractivity contribution in [3.8, 4) is 0 Å². The van der Waals surface area contributed by atoms with Crippen LogP contribution < -0.4 is 5.32 Å². The molecule has 0 aromatic heterocycles. The summed E-state index contributed by atoms with van der Waals surface area (Å²) in [5.41, 5.74) is 1.75. The normalized spacial score (nSPS) is 27.7. The number of rotatable bonds is 3. The Kier molecular flexibility index (Phi) is 2.81. The van der Waals surface area contributed by atoms with Crippen LogP contribution in [0.1, 0.15) is 35.2 Å². The SMILES string of the molecule is Cc1cc(C(=O)O)ccc1NC(=O)C1CC2CC2C1. The van der Waals surface area contributed by atoms with E-state index in [1.807, 2.05) is 6.92 Å². The predicted octanol–water partition coefficient (Wildman–Crippen LogP) is 2.68. The van der Waals surface area contributed by atoms with E-state index in [0.717, 1.165) is 35.9 Å². The van der Waals surface area contributed by atoms with Crippen molar-refractivity contribution in [3.63, 3.8) is 0 Å². The molecule has 2 unspecified atom stereocenters. The number of carbonyl (C=O) groups excluding carboxylic acids is 1. The maximum atomic E-state index is 12.1. The molecule has 1 aromatic carbocycles. The fourth-order valence-electron chi connectivity index (χ4n) is 3.10. The third kappa shape index (κ3) is 2.35. The number of aryl methyl sites for hydroxylation is 1. The molecule has 2 fully saturated rings. The van der Waals surface area contributed by atoms with Gasteiger partial charge >= 0.3 is 5.97 Å². The summed E-state index contributed by atoms with van der Waals surface area (Å²) in [5, 5.41) is 11.8. The van der Waals surface area contributed by atoms with Crippen LogP contribution in [0.15, 0.2) is 18.2 Å². The highest BCUT2D eigenvalue weighted by atomic mass is 16.4. The van der Waals surface area contributed by atoms with E-state index in [1.54, 1.807) is 12.1 Å². The van der Waals surface area contributed by atoms with Gasteiger partial charge in [-0.2, -0.15) is 0 Å². The summed E-state index contributed by atoms with van der Waals surface area (Å²) in [6.07, 6.45) is 3.33. The second kappa shape index (κ2) is 4.37. The molecule has 4 heteroatoms. The maximum Gasteiger partial charge on any atom is 0.335 e. The van der Waals surface area contributed by atoms with Gasteiger partial charge in [0, 0.05) is 11.6 Å². The summed E-state index contributed by atoms with van der Waals surface area (Å²) >= 11 is 0. The molecular formula is C15H17NO3. The fraction of sp³-hybridized carbons (Fsp3) is 0.467. The lowest BCUT2D eigenvalue weighted by Crippen LogP contribution is -2.22. The van der Waals surface area contributed by atoms with E-state index < -0.39 is 5.97 Å². The summed E-state index contributed by atoms with van der Waals surface area (Å²) in [6, 6.07) is 4.79. The summed E-state index contributed by atoms with van der Waals surface area (Å²) in [4.78, 5) is 23.0. The minimum atomic E-state index is -0.947. The van der Waals surface area contributed by atoms with Crippen molar-refractivity contribution in [1.82, 2.24) is 0 Å². The number of hydrogen-bond donors (Lipinski definition) is 2. The molecule has 0 aliphatic heterocycles. The van der Waals surface area contributed by atoms with E-state index in [9.17, 15) is 9.59 Å². The van der Waals surface area contributed by atoms with Gasteiger partial charge in [0.25, 0.3) is 0 Å². The standard InChI is InChI=1S/C15H17NO3/c1-8-4-9(15(18)19)2-3-13(8)16-14(17)12-6-10-5-11(10)7-12/h2-4,10-12H,5-7H2,1H3,(H,16,17)(H,18,19). The summed E-state index contributed by atoms with van der Waals surface area (Å²) in [7, 11) is 0. The maximum absolute atomic E-state index is 12.1. The van der Waals surface area contributed by atoms with Gasteiger partial charge < -0.3 is 10.4 Å². The average molecular weight is 259 g/mol. The molecule has 0 saturated heterocycles. The van der Waals surface area contributed by atoms with E-state index in [0.29, 0.717) is 0 Å². The first kappa shape index (κ1) is 12.2. The third-order valence-electron chi connectivity index (χ3n) is 4.35. The largest absolute Gasteiger partial charge is 0.478 e. The van der Waals surface area contributed by atoms with Crippen molar-refractivity contribution in [2.24, 2.45) is 17.8 Å². The number of nitrogens with one attached hydrogen (secondary N) is 1. The van der Waals surface area contributed by atoms with Crippen molar-refractivity contribution in [2.75, 3.05) is 5.32 Å². The van der Waals surface area contributed by atoms with Crippen molar-refractivity contribution < 1.29 is 14.7 Å². The van der Waals surface area contributed by atoms with Crippen LogP contribution in [0, 0.1) is 24.7 Å². The van der Waals surface area contributed by atoms with Crippen molar-refractivity contribution in [1.29, 1.82) is 0 Å². The molecule has 1 aromatic rings. The highest BCUT2D eigenvalue weighted by Gasteiger charge is 2.47. The Morgan fingerprint density at radius 3 is 2.47 bits per heavy atom. The fourth-order valence-corrected chi connectivity index (χ4v) is 3.10. The highest BCUT2D eigenvalue weighted by Crippen LogP contribution is 2.54. The molecule has 2 N–H and O–H groups in total. The van der Waals surface area contributed by atoms with Crippen LogP contribution in [-0.4, -0.2) is 17.0 Å². The van der Waals surface area contributed by atoms with Crippen LogP contribution in [0.25, 0.3) is 0 Å². The molecule has 19 heavy (non-hydrogen) atoms. The zero-order valence-electron chi connectivity index (χ0n) is 10.8. The van der Waals surface area contributed by atoms with Gasteiger partial charge in [0.15, 0.2) is 0 Å². The Morgan fingerprint density at radius 1 is 1.21 bits per heavy atom. The lowest BCUT2D eigenvalue weighted by Gasteiger charge is -2.14. The first-order valence-electron chi connectivity index (χ1n) is 6.69. The zero-order chi connectivity index (χ0) is 13.6. The van der Waals surface area contributed by atoms with Crippen molar-refractivity contribution >= 4 is 17.6 Å². The Hall–Kier alpha value is -1.84. The van der Waals surface area contributed by atoms with Crippen LogP contribution in [0.4, 0.5) is 5.69 Å². The summed E-state index contributed by atoms with van der Waals surface area (Å²) in [5.74, 6) is 0.843. The second-order valence-electron chi connectivity index (χ2n) is 5.75. The van der Waals surface area contributed by atoms with Crippen LogP contribution in [-0.2, 0) is 4.79 Å². The number of anilines is 1. The number of fused-ring (bicyclic) bond motifs is 1. The topological polar surface area (TPSA) is 66.4 Å². The molecule has 100 valence electrons. The van der Waals surface area contributed by atoms with Crippen molar-refractivity contribution in [2.45, 2.75) is 26.2 Å². The monoisotopic (exact) mass is 259 g/mol. The van der Waals surface area contributed by atoms with E-state index in [4.69, 9.17) is 5.11 Å². The van der Waals surface area contributed by atoms with Gasteiger partial charge in [0.1, 0.15) is 0 Å². The molecule has 0 heterocycles. The van der Waals surface area contributed by atoms with Crippen LogP contribution in [0.5, 0.6) is 0 Å². The molecule has 2 atom stereocenters. The summed E-state index contributed by atoms with van der Waals surface area (Å²) in [6.45, 7) is 1.81. The van der Waals surface area contributed by atoms with E-state index in [1.165, 1.54) is 12.5 Å². The highest BCUT2D eigenvalue weighted by molar-refractivity contribution is 5.95. The Morgan fingerprint density at radius 2 is 1.89 bits per heavy atom. The number of benzene rings is 1. The van der Waals surface area contributed by atoms with Gasteiger partial charge in [-0.15, -0.1) is 0 Å². The zero-order valence-corrected chi connectivity index (χ0v) is 10.8.